The third kappa shape index (κ3) is 2.65. The van der Waals surface area contributed by atoms with Crippen molar-refractivity contribution < 1.29 is 4.74 Å². The zero-order valence-electron chi connectivity index (χ0n) is 12.2. The topological polar surface area (TPSA) is 32.0 Å². The van der Waals surface area contributed by atoms with Crippen molar-refractivity contribution in [1.29, 1.82) is 0 Å². The molecule has 0 fully saturated rings. The van der Waals surface area contributed by atoms with Crippen LogP contribution in [0.3, 0.4) is 0 Å². The highest BCUT2D eigenvalue weighted by molar-refractivity contribution is 7.71. The normalized spacial score (nSPS) is 10.7. The van der Waals surface area contributed by atoms with Crippen LogP contribution in [0.5, 0.6) is 5.75 Å². The maximum Gasteiger partial charge on any atom is 0.221 e. The van der Waals surface area contributed by atoms with E-state index in [9.17, 15) is 0 Å². The molecule has 112 valence electrons. The van der Waals surface area contributed by atoms with E-state index in [0.29, 0.717) is 9.79 Å². The Morgan fingerprint density at radius 3 is 2.50 bits per heavy atom. The number of aromatic nitrogens is 3. The number of methoxy groups -OCH3 is 1. The summed E-state index contributed by atoms with van der Waals surface area (Å²) >= 11 is 11.5. The number of ether oxygens (including phenoxy) is 1. The summed E-state index contributed by atoms with van der Waals surface area (Å²) in [5, 5.41) is 0.659. The summed E-state index contributed by atoms with van der Waals surface area (Å²) < 4.78 is 9.42. The molecule has 3 aromatic rings. The van der Waals surface area contributed by atoms with Crippen molar-refractivity contribution in [3.63, 3.8) is 0 Å². The number of nitrogens with zero attached hydrogens (tertiary/aromatic N) is 3. The average molecular weight is 332 g/mol. The Morgan fingerprint density at radius 2 is 1.86 bits per heavy atom. The van der Waals surface area contributed by atoms with E-state index in [0.717, 1.165) is 22.8 Å². The van der Waals surface area contributed by atoms with E-state index in [1.54, 1.807) is 7.11 Å². The molecule has 0 aliphatic carbocycles. The van der Waals surface area contributed by atoms with Crippen molar-refractivity contribution >= 4 is 23.8 Å². The summed E-state index contributed by atoms with van der Waals surface area (Å²) in [7, 11) is 3.56. The van der Waals surface area contributed by atoms with E-state index in [1.807, 2.05) is 64.9 Å². The van der Waals surface area contributed by atoms with Gasteiger partial charge in [-0.2, -0.15) is 4.98 Å². The number of rotatable bonds is 3. The second-order valence-electron chi connectivity index (χ2n) is 4.76. The van der Waals surface area contributed by atoms with Crippen LogP contribution in [-0.2, 0) is 7.05 Å². The first-order valence-corrected chi connectivity index (χ1v) is 7.45. The van der Waals surface area contributed by atoms with Gasteiger partial charge in [0.1, 0.15) is 5.75 Å². The van der Waals surface area contributed by atoms with Crippen LogP contribution in [-0.4, -0.2) is 21.5 Å². The predicted octanol–water partition coefficient (Wildman–Crippen LogP) is 4.27. The van der Waals surface area contributed by atoms with Crippen LogP contribution in [0.15, 0.2) is 48.5 Å². The molecular weight excluding hydrogens is 318 g/mol. The fourth-order valence-corrected chi connectivity index (χ4v) is 2.82. The molecule has 0 aliphatic rings. The van der Waals surface area contributed by atoms with Gasteiger partial charge in [-0.15, -0.1) is 0 Å². The smallest absolute Gasteiger partial charge is 0.221 e. The zero-order chi connectivity index (χ0) is 15.7. The largest absolute Gasteiger partial charge is 0.497 e. The molecule has 0 atom stereocenters. The van der Waals surface area contributed by atoms with Gasteiger partial charge in [-0.05, 0) is 54.7 Å². The molecule has 0 radical (unpaired) electrons. The lowest BCUT2D eigenvalue weighted by Gasteiger charge is -2.09. The van der Waals surface area contributed by atoms with E-state index in [4.69, 9.17) is 28.6 Å². The van der Waals surface area contributed by atoms with Gasteiger partial charge in [-0.3, -0.25) is 4.68 Å². The van der Waals surface area contributed by atoms with E-state index in [1.165, 1.54) is 0 Å². The standard InChI is InChI=1S/C16H14ClN3OS/c1-19-15(11-6-8-14(21-2)9-7-11)18-16(22)20(19)13-5-3-4-12(17)10-13/h3-10H,1-2H3. The molecule has 0 amide bonds. The summed E-state index contributed by atoms with van der Waals surface area (Å²) in [6.07, 6.45) is 0. The molecule has 2 aromatic carbocycles. The van der Waals surface area contributed by atoms with E-state index >= 15 is 0 Å². The molecule has 0 saturated carbocycles. The SMILES string of the molecule is COc1ccc(-c2nc(=S)n(-c3cccc(Cl)c3)n2C)cc1. The Balaban J connectivity index is 2.12. The first-order chi connectivity index (χ1) is 10.6. The van der Waals surface area contributed by atoms with Gasteiger partial charge >= 0.3 is 0 Å². The van der Waals surface area contributed by atoms with Gasteiger partial charge in [0.05, 0.1) is 12.8 Å². The van der Waals surface area contributed by atoms with Crippen molar-refractivity contribution in [2.75, 3.05) is 7.11 Å². The maximum atomic E-state index is 6.07. The Morgan fingerprint density at radius 1 is 1.14 bits per heavy atom. The van der Waals surface area contributed by atoms with E-state index in [2.05, 4.69) is 4.98 Å². The minimum absolute atomic E-state index is 0.482. The van der Waals surface area contributed by atoms with Crippen LogP contribution in [0, 0.1) is 4.77 Å². The molecule has 6 heteroatoms. The molecule has 0 spiro atoms. The fraction of sp³-hybridized carbons (Fsp3) is 0.125. The van der Waals surface area contributed by atoms with Gasteiger partial charge in [-0.1, -0.05) is 17.7 Å². The lowest BCUT2D eigenvalue weighted by molar-refractivity contribution is 0.415. The molecule has 0 N–H and O–H groups in total. The minimum Gasteiger partial charge on any atom is -0.497 e. The van der Waals surface area contributed by atoms with Gasteiger partial charge in [0.2, 0.25) is 4.77 Å². The van der Waals surface area contributed by atoms with Crippen molar-refractivity contribution in [2.24, 2.45) is 7.05 Å². The van der Waals surface area contributed by atoms with E-state index in [-0.39, 0.29) is 0 Å². The Hall–Kier alpha value is -2.11. The molecule has 4 nitrogen and oxygen atoms in total. The summed E-state index contributed by atoms with van der Waals surface area (Å²) in [5.74, 6) is 1.59. The molecule has 0 saturated heterocycles. The quantitative estimate of drug-likeness (QED) is 0.672. The molecule has 0 bridgehead atoms. The summed E-state index contributed by atoms with van der Waals surface area (Å²) in [4.78, 5) is 4.50. The van der Waals surface area contributed by atoms with Crippen LogP contribution < -0.4 is 4.74 Å². The second-order valence-corrected chi connectivity index (χ2v) is 5.56. The van der Waals surface area contributed by atoms with Crippen LogP contribution in [0.4, 0.5) is 0 Å². The summed E-state index contributed by atoms with van der Waals surface area (Å²) in [6, 6.07) is 15.2. The average Bonchev–Trinajstić information content (AvgIpc) is 2.82. The predicted molar refractivity (Wildman–Crippen MR) is 90.4 cm³/mol. The van der Waals surface area contributed by atoms with E-state index < -0.39 is 0 Å². The van der Waals surface area contributed by atoms with Crippen molar-refractivity contribution in [1.82, 2.24) is 14.3 Å². The first kappa shape index (κ1) is 14.8. The molecule has 0 unspecified atom stereocenters. The van der Waals surface area contributed by atoms with Crippen molar-refractivity contribution in [3.05, 3.63) is 58.3 Å². The minimum atomic E-state index is 0.482. The van der Waals surface area contributed by atoms with Crippen molar-refractivity contribution in [3.8, 4) is 22.8 Å². The molecular formula is C16H14ClN3OS. The van der Waals surface area contributed by atoms with Crippen LogP contribution in [0.1, 0.15) is 0 Å². The number of hydrogen-bond acceptors (Lipinski definition) is 3. The zero-order valence-corrected chi connectivity index (χ0v) is 13.7. The Kier molecular flexibility index (Phi) is 4.00. The van der Waals surface area contributed by atoms with Gasteiger partial charge in [0.25, 0.3) is 0 Å². The number of halogens is 1. The number of hydrogen-bond donors (Lipinski definition) is 0. The van der Waals surface area contributed by atoms with Crippen LogP contribution in [0.25, 0.3) is 17.1 Å². The Labute approximate surface area is 138 Å². The second kappa shape index (κ2) is 5.94. The summed E-state index contributed by atoms with van der Waals surface area (Å²) in [5.41, 5.74) is 1.85. The lowest BCUT2D eigenvalue weighted by atomic mass is 10.2. The van der Waals surface area contributed by atoms with Gasteiger partial charge in [0.15, 0.2) is 5.82 Å². The third-order valence-electron chi connectivity index (χ3n) is 3.39. The molecule has 22 heavy (non-hydrogen) atoms. The molecule has 3 rings (SSSR count). The highest BCUT2D eigenvalue weighted by Gasteiger charge is 2.11. The lowest BCUT2D eigenvalue weighted by Crippen LogP contribution is -2.07. The van der Waals surface area contributed by atoms with Crippen molar-refractivity contribution in [2.45, 2.75) is 0 Å². The third-order valence-corrected chi connectivity index (χ3v) is 3.89. The monoisotopic (exact) mass is 331 g/mol. The maximum absolute atomic E-state index is 6.07. The van der Waals surface area contributed by atoms with Gasteiger partial charge in [0, 0.05) is 17.6 Å². The molecule has 1 heterocycles. The van der Waals surface area contributed by atoms with Crippen LogP contribution in [0.2, 0.25) is 5.02 Å². The summed E-state index contributed by atoms with van der Waals surface area (Å²) in [6.45, 7) is 0. The highest BCUT2D eigenvalue weighted by atomic mass is 35.5. The first-order valence-electron chi connectivity index (χ1n) is 6.66. The number of benzene rings is 2. The van der Waals surface area contributed by atoms with Gasteiger partial charge < -0.3 is 4.74 Å². The Bertz CT molecular complexity index is 868. The molecule has 1 aromatic heterocycles. The fourth-order valence-electron chi connectivity index (χ4n) is 2.32. The highest BCUT2D eigenvalue weighted by Crippen LogP contribution is 2.23. The molecule has 0 aliphatic heterocycles. The van der Waals surface area contributed by atoms with Gasteiger partial charge in [-0.25, -0.2) is 4.68 Å². The van der Waals surface area contributed by atoms with Crippen LogP contribution >= 0.6 is 23.8 Å².